The van der Waals surface area contributed by atoms with E-state index in [1.807, 2.05) is 0 Å². The zero-order valence-corrected chi connectivity index (χ0v) is 10.9. The molecule has 0 bridgehead atoms. The van der Waals surface area contributed by atoms with Crippen molar-refractivity contribution in [2.24, 2.45) is 11.7 Å². The summed E-state index contributed by atoms with van der Waals surface area (Å²) in [4.78, 5) is 0.195. The molecule has 6 heteroatoms. The third kappa shape index (κ3) is 3.19. The predicted molar refractivity (Wildman–Crippen MR) is 67.3 cm³/mol. The summed E-state index contributed by atoms with van der Waals surface area (Å²) < 4.78 is 26.4. The molecule has 0 aromatic heterocycles. The second-order valence-electron chi connectivity index (χ2n) is 4.25. The van der Waals surface area contributed by atoms with Gasteiger partial charge in [0.1, 0.15) is 0 Å². The fourth-order valence-corrected chi connectivity index (χ4v) is 2.96. The molecule has 1 saturated carbocycles. The highest BCUT2D eigenvalue weighted by atomic mass is 35.5. The van der Waals surface area contributed by atoms with Crippen LogP contribution in [0.3, 0.4) is 0 Å². The second-order valence-corrected chi connectivity index (χ2v) is 6.43. The number of hydrogen-bond donors (Lipinski definition) is 2. The van der Waals surface area contributed by atoms with Gasteiger partial charge in [0.25, 0.3) is 0 Å². The fraction of sp³-hybridized carbons (Fsp3) is 0.455. The van der Waals surface area contributed by atoms with Crippen molar-refractivity contribution in [2.75, 3.05) is 6.54 Å². The van der Waals surface area contributed by atoms with Gasteiger partial charge in [-0.3, -0.25) is 0 Å². The lowest BCUT2D eigenvalue weighted by Gasteiger charge is -2.08. The Labute approximate surface area is 106 Å². The normalized spacial score (nSPS) is 16.1. The first-order valence-electron chi connectivity index (χ1n) is 5.51. The molecular formula is C11H15ClN2O2S. The fourth-order valence-electron chi connectivity index (χ4n) is 1.49. The molecule has 0 saturated heterocycles. The molecule has 0 heterocycles. The number of nitrogens with two attached hydrogens (primary N) is 1. The molecule has 4 nitrogen and oxygen atoms in total. The molecule has 1 aromatic rings. The first kappa shape index (κ1) is 12.8. The first-order valence-corrected chi connectivity index (χ1v) is 7.37. The van der Waals surface area contributed by atoms with Crippen LogP contribution in [0, 0.1) is 5.92 Å². The van der Waals surface area contributed by atoms with Crippen LogP contribution in [0.5, 0.6) is 0 Å². The van der Waals surface area contributed by atoms with Gasteiger partial charge in [-0.15, -0.1) is 0 Å². The van der Waals surface area contributed by atoms with Gasteiger partial charge in [-0.1, -0.05) is 17.7 Å². The van der Waals surface area contributed by atoms with Crippen molar-refractivity contribution >= 4 is 21.6 Å². The van der Waals surface area contributed by atoms with Gasteiger partial charge in [-0.25, -0.2) is 13.1 Å². The highest BCUT2D eigenvalue weighted by molar-refractivity contribution is 7.89. The Kier molecular flexibility index (Phi) is 3.73. The van der Waals surface area contributed by atoms with E-state index in [1.165, 1.54) is 12.1 Å². The summed E-state index contributed by atoms with van der Waals surface area (Å²) in [5.74, 6) is 0.503. The van der Waals surface area contributed by atoms with Crippen molar-refractivity contribution in [2.45, 2.75) is 24.3 Å². The van der Waals surface area contributed by atoms with E-state index in [4.69, 9.17) is 17.3 Å². The lowest BCUT2D eigenvalue weighted by Crippen LogP contribution is -2.25. The van der Waals surface area contributed by atoms with Gasteiger partial charge in [0.2, 0.25) is 10.0 Å². The molecule has 1 aliphatic carbocycles. The van der Waals surface area contributed by atoms with E-state index in [1.54, 1.807) is 6.07 Å². The smallest absolute Gasteiger partial charge is 0.240 e. The van der Waals surface area contributed by atoms with Gasteiger partial charge >= 0.3 is 0 Å². The average Bonchev–Trinajstić information content (AvgIpc) is 3.10. The largest absolute Gasteiger partial charge is 0.326 e. The van der Waals surface area contributed by atoms with Crippen molar-refractivity contribution in [3.8, 4) is 0 Å². The topological polar surface area (TPSA) is 72.2 Å². The van der Waals surface area contributed by atoms with Crippen LogP contribution in [0.15, 0.2) is 23.1 Å². The summed E-state index contributed by atoms with van der Waals surface area (Å²) in [5.41, 5.74) is 6.21. The Bertz CT molecular complexity index is 512. The molecule has 0 spiro atoms. The van der Waals surface area contributed by atoms with Gasteiger partial charge in [0.15, 0.2) is 0 Å². The molecule has 2 rings (SSSR count). The summed E-state index contributed by atoms with van der Waals surface area (Å²) in [5, 5.41) is 0.391. The highest BCUT2D eigenvalue weighted by Gasteiger charge is 2.24. The van der Waals surface area contributed by atoms with Gasteiger partial charge in [-0.05, 0) is 36.5 Å². The van der Waals surface area contributed by atoms with Crippen LogP contribution in [-0.4, -0.2) is 15.0 Å². The Hall–Kier alpha value is -0.620. The van der Waals surface area contributed by atoms with Gasteiger partial charge < -0.3 is 5.73 Å². The van der Waals surface area contributed by atoms with Gasteiger partial charge in [0.05, 0.1) is 4.90 Å². The molecule has 17 heavy (non-hydrogen) atoms. The summed E-state index contributed by atoms with van der Waals surface area (Å²) in [6.45, 7) is 0.813. The third-order valence-corrected chi connectivity index (χ3v) is 4.59. The monoisotopic (exact) mass is 274 g/mol. The van der Waals surface area contributed by atoms with Crippen molar-refractivity contribution < 1.29 is 8.42 Å². The maximum absolute atomic E-state index is 11.9. The molecule has 0 aliphatic heterocycles. The molecule has 0 atom stereocenters. The summed E-state index contributed by atoms with van der Waals surface area (Å²) >= 11 is 5.94. The van der Waals surface area contributed by atoms with E-state index in [2.05, 4.69) is 4.72 Å². The molecule has 3 N–H and O–H groups in total. The maximum Gasteiger partial charge on any atom is 0.240 e. The average molecular weight is 275 g/mol. The summed E-state index contributed by atoms with van der Waals surface area (Å²) in [7, 11) is -3.44. The van der Waals surface area contributed by atoms with E-state index in [0.717, 1.165) is 18.4 Å². The van der Waals surface area contributed by atoms with Crippen LogP contribution in [0.1, 0.15) is 18.4 Å². The molecule has 1 aliphatic rings. The molecule has 0 amide bonds. The van der Waals surface area contributed by atoms with Crippen LogP contribution in [0.2, 0.25) is 5.02 Å². The van der Waals surface area contributed by atoms with Crippen LogP contribution in [-0.2, 0) is 16.6 Å². The minimum Gasteiger partial charge on any atom is -0.326 e. The number of nitrogens with one attached hydrogen (secondary N) is 1. The lowest BCUT2D eigenvalue weighted by molar-refractivity contribution is 0.577. The molecule has 0 radical (unpaired) electrons. The number of hydrogen-bond acceptors (Lipinski definition) is 3. The van der Waals surface area contributed by atoms with E-state index in [0.29, 0.717) is 24.0 Å². The Balaban J connectivity index is 2.16. The SMILES string of the molecule is NCc1ccc(S(=O)(=O)NCC2CC2)cc1Cl. The molecule has 1 fully saturated rings. The maximum atomic E-state index is 11.9. The zero-order chi connectivity index (χ0) is 12.5. The predicted octanol–water partition coefficient (Wildman–Crippen LogP) is 1.49. The summed E-state index contributed by atoms with van der Waals surface area (Å²) in [6, 6.07) is 4.62. The van der Waals surface area contributed by atoms with E-state index < -0.39 is 10.0 Å². The first-order chi connectivity index (χ1) is 8.03. The minimum atomic E-state index is -3.44. The number of halogens is 1. The van der Waals surface area contributed by atoms with Crippen LogP contribution < -0.4 is 10.5 Å². The van der Waals surface area contributed by atoms with Crippen molar-refractivity contribution in [3.05, 3.63) is 28.8 Å². The second kappa shape index (κ2) is 4.94. The van der Waals surface area contributed by atoms with Crippen LogP contribution >= 0.6 is 11.6 Å². The zero-order valence-electron chi connectivity index (χ0n) is 9.32. The standard InChI is InChI=1S/C11H15ClN2O2S/c12-11-5-10(4-3-9(11)6-13)17(15,16)14-7-8-1-2-8/h3-5,8,14H,1-2,6-7,13H2. The number of rotatable bonds is 5. The Morgan fingerprint density at radius 3 is 2.65 bits per heavy atom. The van der Waals surface area contributed by atoms with Crippen LogP contribution in [0.4, 0.5) is 0 Å². The number of sulfonamides is 1. The lowest BCUT2D eigenvalue weighted by atomic mass is 10.2. The quantitative estimate of drug-likeness (QED) is 0.854. The van der Waals surface area contributed by atoms with E-state index in [9.17, 15) is 8.42 Å². The molecule has 94 valence electrons. The number of benzene rings is 1. The minimum absolute atomic E-state index is 0.195. The van der Waals surface area contributed by atoms with Crippen molar-refractivity contribution in [1.82, 2.24) is 4.72 Å². The Morgan fingerprint density at radius 1 is 1.41 bits per heavy atom. The van der Waals surface area contributed by atoms with Crippen molar-refractivity contribution in [1.29, 1.82) is 0 Å². The molecule has 0 unspecified atom stereocenters. The van der Waals surface area contributed by atoms with E-state index >= 15 is 0 Å². The van der Waals surface area contributed by atoms with Crippen LogP contribution in [0.25, 0.3) is 0 Å². The van der Waals surface area contributed by atoms with Gasteiger partial charge in [0, 0.05) is 18.1 Å². The summed E-state index contributed by atoms with van der Waals surface area (Å²) in [6.07, 6.45) is 2.21. The molecule has 1 aromatic carbocycles. The van der Waals surface area contributed by atoms with E-state index in [-0.39, 0.29) is 4.90 Å². The third-order valence-electron chi connectivity index (χ3n) is 2.81. The van der Waals surface area contributed by atoms with Crippen molar-refractivity contribution in [3.63, 3.8) is 0 Å². The molecular weight excluding hydrogens is 260 g/mol. The highest BCUT2D eigenvalue weighted by Crippen LogP contribution is 2.28. The van der Waals surface area contributed by atoms with Gasteiger partial charge in [-0.2, -0.15) is 0 Å². The Morgan fingerprint density at radius 2 is 2.12 bits per heavy atom.